The van der Waals surface area contributed by atoms with Crippen LogP contribution in [0.1, 0.15) is 24.4 Å². The first-order valence-corrected chi connectivity index (χ1v) is 5.74. The van der Waals surface area contributed by atoms with Gasteiger partial charge in [-0.2, -0.15) is 5.10 Å². The van der Waals surface area contributed by atoms with Gasteiger partial charge in [0.2, 0.25) is 5.88 Å². The van der Waals surface area contributed by atoms with Crippen LogP contribution in [0.15, 0.2) is 18.5 Å². The van der Waals surface area contributed by atoms with Crippen molar-refractivity contribution < 1.29 is 4.74 Å². The molecule has 0 amide bonds. The highest BCUT2D eigenvalue weighted by molar-refractivity contribution is 5.40. The van der Waals surface area contributed by atoms with Gasteiger partial charge in [-0.05, 0) is 13.8 Å². The van der Waals surface area contributed by atoms with Crippen LogP contribution in [0.4, 0.5) is 5.82 Å². The van der Waals surface area contributed by atoms with Crippen LogP contribution in [-0.4, -0.2) is 26.9 Å². The molecule has 0 fully saturated rings. The third-order valence-electron chi connectivity index (χ3n) is 2.74. The number of nitrogens with zero attached hydrogens (tertiary/aromatic N) is 4. The molecule has 2 rings (SSSR count). The number of methoxy groups -OCH3 is 1. The van der Waals surface area contributed by atoms with Crippen LogP contribution in [0.5, 0.6) is 5.88 Å². The molecule has 6 nitrogen and oxygen atoms in total. The van der Waals surface area contributed by atoms with Crippen molar-refractivity contribution in [2.45, 2.75) is 19.9 Å². The molecule has 0 bridgehead atoms. The lowest BCUT2D eigenvalue weighted by atomic mass is 10.2. The molecule has 2 aromatic rings. The van der Waals surface area contributed by atoms with Crippen LogP contribution in [0.2, 0.25) is 0 Å². The molecular weight excluding hydrogens is 230 g/mol. The van der Waals surface area contributed by atoms with E-state index in [-0.39, 0.29) is 6.04 Å². The van der Waals surface area contributed by atoms with Crippen LogP contribution in [-0.2, 0) is 7.05 Å². The molecule has 0 radical (unpaired) electrons. The number of anilines is 1. The molecule has 0 aromatic carbocycles. The Labute approximate surface area is 106 Å². The zero-order valence-electron chi connectivity index (χ0n) is 11.0. The monoisotopic (exact) mass is 247 g/mol. The van der Waals surface area contributed by atoms with Crippen molar-refractivity contribution in [2.24, 2.45) is 7.05 Å². The summed E-state index contributed by atoms with van der Waals surface area (Å²) in [7, 11) is 3.46. The maximum atomic E-state index is 5.17. The fraction of sp³-hybridized carbons (Fsp3) is 0.417. The number of hydrogen-bond acceptors (Lipinski definition) is 5. The number of aromatic nitrogens is 4. The van der Waals surface area contributed by atoms with Gasteiger partial charge in [-0.25, -0.2) is 4.68 Å². The Morgan fingerprint density at radius 3 is 2.67 bits per heavy atom. The molecule has 2 aromatic heterocycles. The molecule has 0 saturated carbocycles. The lowest BCUT2D eigenvalue weighted by Gasteiger charge is -2.13. The fourth-order valence-corrected chi connectivity index (χ4v) is 1.85. The van der Waals surface area contributed by atoms with Crippen LogP contribution in [0.3, 0.4) is 0 Å². The second-order valence-electron chi connectivity index (χ2n) is 4.09. The lowest BCUT2D eigenvalue weighted by Crippen LogP contribution is -2.11. The van der Waals surface area contributed by atoms with Crippen molar-refractivity contribution >= 4 is 5.82 Å². The normalized spacial score (nSPS) is 12.2. The molecule has 6 heteroatoms. The third-order valence-corrected chi connectivity index (χ3v) is 2.74. The molecule has 0 saturated heterocycles. The first-order chi connectivity index (χ1) is 8.61. The largest absolute Gasteiger partial charge is 0.481 e. The zero-order valence-corrected chi connectivity index (χ0v) is 11.0. The van der Waals surface area contributed by atoms with Gasteiger partial charge in [-0.1, -0.05) is 0 Å². The van der Waals surface area contributed by atoms with Crippen molar-refractivity contribution in [3.8, 4) is 5.88 Å². The highest BCUT2D eigenvalue weighted by atomic mass is 16.5. The zero-order chi connectivity index (χ0) is 13.1. The Morgan fingerprint density at radius 2 is 2.06 bits per heavy atom. The number of hydrogen-bond donors (Lipinski definition) is 1. The maximum absolute atomic E-state index is 5.17. The van der Waals surface area contributed by atoms with E-state index in [0.717, 1.165) is 17.2 Å². The highest BCUT2D eigenvalue weighted by Gasteiger charge is 2.13. The summed E-state index contributed by atoms with van der Waals surface area (Å²) >= 11 is 0. The Kier molecular flexibility index (Phi) is 3.45. The molecule has 1 unspecified atom stereocenters. The Balaban J connectivity index is 2.16. The van der Waals surface area contributed by atoms with E-state index < -0.39 is 0 Å². The van der Waals surface area contributed by atoms with Crippen LogP contribution < -0.4 is 10.1 Å². The number of rotatable bonds is 4. The van der Waals surface area contributed by atoms with E-state index in [2.05, 4.69) is 20.4 Å². The minimum absolute atomic E-state index is 0.0401. The fourth-order valence-electron chi connectivity index (χ4n) is 1.85. The third kappa shape index (κ3) is 2.42. The predicted molar refractivity (Wildman–Crippen MR) is 68.6 cm³/mol. The summed E-state index contributed by atoms with van der Waals surface area (Å²) in [5, 5.41) is 7.59. The first-order valence-electron chi connectivity index (χ1n) is 5.74. The standard InChI is InChI=1S/C12H17N5O/c1-8-12(14-6-5-13-8)9(2)15-10-7-11(18-4)17(3)16-10/h5-7,9H,1-4H3,(H,15,16). The molecule has 0 aliphatic heterocycles. The van der Waals surface area contributed by atoms with Gasteiger partial charge in [0, 0.05) is 25.5 Å². The van der Waals surface area contributed by atoms with Gasteiger partial charge in [-0.3, -0.25) is 9.97 Å². The summed E-state index contributed by atoms with van der Waals surface area (Å²) in [6, 6.07) is 1.89. The topological polar surface area (TPSA) is 64.9 Å². The number of aryl methyl sites for hydroxylation is 2. The SMILES string of the molecule is COc1cc(NC(C)c2nccnc2C)nn1C. The van der Waals surface area contributed by atoms with E-state index in [0.29, 0.717) is 5.88 Å². The average molecular weight is 247 g/mol. The van der Waals surface area contributed by atoms with Gasteiger partial charge in [0.15, 0.2) is 5.82 Å². The molecular formula is C12H17N5O. The Morgan fingerprint density at radius 1 is 1.33 bits per heavy atom. The summed E-state index contributed by atoms with van der Waals surface area (Å²) in [5.74, 6) is 1.47. The van der Waals surface area contributed by atoms with Crippen molar-refractivity contribution in [3.05, 3.63) is 29.8 Å². The summed E-state index contributed by atoms with van der Waals surface area (Å²) < 4.78 is 6.85. The molecule has 1 atom stereocenters. The maximum Gasteiger partial charge on any atom is 0.213 e. The molecule has 0 aliphatic rings. The van der Waals surface area contributed by atoms with Crippen molar-refractivity contribution in [1.82, 2.24) is 19.7 Å². The quantitative estimate of drug-likeness (QED) is 0.890. The van der Waals surface area contributed by atoms with Crippen molar-refractivity contribution in [3.63, 3.8) is 0 Å². The molecule has 0 spiro atoms. The summed E-state index contributed by atoms with van der Waals surface area (Å²) in [4.78, 5) is 8.56. The van der Waals surface area contributed by atoms with E-state index in [1.807, 2.05) is 27.0 Å². The number of ether oxygens (including phenoxy) is 1. The van der Waals surface area contributed by atoms with E-state index in [1.54, 1.807) is 24.2 Å². The lowest BCUT2D eigenvalue weighted by molar-refractivity contribution is 0.373. The first kappa shape index (κ1) is 12.3. The molecule has 2 heterocycles. The van der Waals surface area contributed by atoms with E-state index in [4.69, 9.17) is 4.74 Å². The Bertz CT molecular complexity index is 537. The van der Waals surface area contributed by atoms with E-state index in [9.17, 15) is 0 Å². The van der Waals surface area contributed by atoms with Crippen LogP contribution in [0, 0.1) is 6.92 Å². The van der Waals surface area contributed by atoms with E-state index >= 15 is 0 Å². The smallest absolute Gasteiger partial charge is 0.213 e. The van der Waals surface area contributed by atoms with Gasteiger partial charge in [0.25, 0.3) is 0 Å². The van der Waals surface area contributed by atoms with E-state index in [1.165, 1.54) is 0 Å². The van der Waals surface area contributed by atoms with Gasteiger partial charge in [0.1, 0.15) is 0 Å². The molecule has 18 heavy (non-hydrogen) atoms. The minimum atomic E-state index is 0.0401. The van der Waals surface area contributed by atoms with Gasteiger partial charge in [-0.15, -0.1) is 0 Å². The Hall–Kier alpha value is -2.11. The molecule has 1 N–H and O–H groups in total. The summed E-state index contributed by atoms with van der Waals surface area (Å²) in [6.07, 6.45) is 3.38. The molecule has 96 valence electrons. The van der Waals surface area contributed by atoms with Crippen molar-refractivity contribution in [2.75, 3.05) is 12.4 Å². The molecule has 0 aliphatic carbocycles. The van der Waals surface area contributed by atoms with Crippen LogP contribution >= 0.6 is 0 Å². The summed E-state index contributed by atoms with van der Waals surface area (Å²) in [6.45, 7) is 3.97. The van der Waals surface area contributed by atoms with Crippen LogP contribution in [0.25, 0.3) is 0 Å². The second-order valence-corrected chi connectivity index (χ2v) is 4.09. The van der Waals surface area contributed by atoms with Crippen molar-refractivity contribution in [1.29, 1.82) is 0 Å². The minimum Gasteiger partial charge on any atom is -0.481 e. The number of nitrogens with one attached hydrogen (secondary N) is 1. The summed E-state index contributed by atoms with van der Waals surface area (Å²) in [5.41, 5.74) is 1.84. The highest BCUT2D eigenvalue weighted by Crippen LogP contribution is 2.21. The predicted octanol–water partition coefficient (Wildman–Crippen LogP) is 1.70. The van der Waals surface area contributed by atoms with Gasteiger partial charge in [0.05, 0.1) is 24.5 Å². The van der Waals surface area contributed by atoms with Gasteiger partial charge >= 0.3 is 0 Å². The average Bonchev–Trinajstić information content (AvgIpc) is 2.69. The van der Waals surface area contributed by atoms with Gasteiger partial charge < -0.3 is 10.1 Å². The second kappa shape index (κ2) is 5.03.